The second kappa shape index (κ2) is 5.75. The van der Waals surface area contributed by atoms with Gasteiger partial charge in [-0.2, -0.15) is 0 Å². The van der Waals surface area contributed by atoms with E-state index in [0.29, 0.717) is 17.4 Å². The highest BCUT2D eigenvalue weighted by Crippen LogP contribution is 2.21. The first-order chi connectivity index (χ1) is 7.52. The predicted molar refractivity (Wildman–Crippen MR) is 68.3 cm³/mol. The molecule has 0 bridgehead atoms. The summed E-state index contributed by atoms with van der Waals surface area (Å²) in [7, 11) is 2.06. The maximum absolute atomic E-state index is 9.69. The van der Waals surface area contributed by atoms with Crippen molar-refractivity contribution >= 4 is 5.69 Å². The van der Waals surface area contributed by atoms with Crippen molar-refractivity contribution < 1.29 is 5.11 Å². The summed E-state index contributed by atoms with van der Waals surface area (Å²) in [5.74, 6) is 0.999. The molecule has 0 aliphatic carbocycles. The zero-order chi connectivity index (χ0) is 12.1. The molecule has 0 fully saturated rings. The fraction of sp³-hybridized carbons (Fsp3) is 0.538. The first-order valence-corrected chi connectivity index (χ1v) is 5.78. The number of nitrogens with two attached hydrogens (primary N) is 1. The lowest BCUT2D eigenvalue weighted by molar-refractivity contribution is 0.271. The van der Waals surface area contributed by atoms with Crippen molar-refractivity contribution in [3.63, 3.8) is 0 Å². The highest BCUT2D eigenvalue weighted by molar-refractivity contribution is 5.47. The number of benzene rings is 1. The number of nitrogen functional groups attached to an aromatic ring is 1. The Bertz CT molecular complexity index is 339. The van der Waals surface area contributed by atoms with Crippen molar-refractivity contribution in [3.05, 3.63) is 23.8 Å². The van der Waals surface area contributed by atoms with Crippen molar-refractivity contribution in [3.8, 4) is 5.75 Å². The van der Waals surface area contributed by atoms with Gasteiger partial charge < -0.3 is 15.7 Å². The van der Waals surface area contributed by atoms with E-state index in [1.165, 1.54) is 6.42 Å². The highest BCUT2D eigenvalue weighted by Gasteiger charge is 2.08. The second-order valence-electron chi connectivity index (χ2n) is 4.60. The van der Waals surface area contributed by atoms with Crippen LogP contribution in [0.1, 0.15) is 25.8 Å². The number of hydrogen-bond donors (Lipinski definition) is 2. The minimum Gasteiger partial charge on any atom is -0.508 e. The number of nitrogens with zero attached hydrogens (tertiary/aromatic N) is 1. The highest BCUT2D eigenvalue weighted by atomic mass is 16.3. The summed E-state index contributed by atoms with van der Waals surface area (Å²) in [5.41, 5.74) is 7.29. The molecule has 0 spiro atoms. The maximum Gasteiger partial charge on any atom is 0.120 e. The largest absolute Gasteiger partial charge is 0.508 e. The zero-order valence-electron chi connectivity index (χ0n) is 10.4. The first kappa shape index (κ1) is 12.8. The number of anilines is 1. The Labute approximate surface area is 97.9 Å². The van der Waals surface area contributed by atoms with Gasteiger partial charge in [0.15, 0.2) is 0 Å². The van der Waals surface area contributed by atoms with E-state index in [2.05, 4.69) is 25.8 Å². The summed E-state index contributed by atoms with van der Waals surface area (Å²) in [5, 5.41) is 9.69. The van der Waals surface area contributed by atoms with Crippen LogP contribution in [-0.4, -0.2) is 23.6 Å². The van der Waals surface area contributed by atoms with Crippen LogP contribution in [0.5, 0.6) is 5.75 Å². The van der Waals surface area contributed by atoms with E-state index < -0.39 is 0 Å². The predicted octanol–water partition coefficient (Wildman–Crippen LogP) is 2.45. The van der Waals surface area contributed by atoms with Gasteiger partial charge in [0.2, 0.25) is 0 Å². The van der Waals surface area contributed by atoms with Gasteiger partial charge in [0.1, 0.15) is 5.75 Å². The van der Waals surface area contributed by atoms with Gasteiger partial charge in [-0.3, -0.25) is 0 Å². The van der Waals surface area contributed by atoms with Crippen molar-refractivity contribution in [2.24, 2.45) is 5.92 Å². The SMILES string of the molecule is CCC(C)CN(C)Cc1cc(N)ccc1O. The van der Waals surface area contributed by atoms with E-state index in [4.69, 9.17) is 5.73 Å². The van der Waals surface area contributed by atoms with Crippen molar-refractivity contribution in [2.45, 2.75) is 26.8 Å². The molecule has 90 valence electrons. The smallest absolute Gasteiger partial charge is 0.120 e. The van der Waals surface area contributed by atoms with Gasteiger partial charge >= 0.3 is 0 Å². The number of rotatable bonds is 5. The summed E-state index contributed by atoms with van der Waals surface area (Å²) in [6.45, 7) is 6.19. The molecule has 0 radical (unpaired) electrons. The lowest BCUT2D eigenvalue weighted by Crippen LogP contribution is -2.23. The molecule has 0 aliphatic heterocycles. The number of phenolic OH excluding ortho intramolecular Hbond substituents is 1. The molecule has 0 saturated carbocycles. The van der Waals surface area contributed by atoms with Gasteiger partial charge in [-0.25, -0.2) is 0 Å². The molecule has 1 atom stereocenters. The molecule has 3 nitrogen and oxygen atoms in total. The van der Waals surface area contributed by atoms with E-state index in [0.717, 1.165) is 18.7 Å². The summed E-state index contributed by atoms with van der Waals surface area (Å²) in [6, 6.07) is 5.21. The molecule has 0 aromatic heterocycles. The van der Waals surface area contributed by atoms with Crippen LogP contribution in [-0.2, 0) is 6.54 Å². The van der Waals surface area contributed by atoms with Crippen LogP contribution < -0.4 is 5.73 Å². The average Bonchev–Trinajstić information content (AvgIpc) is 2.23. The van der Waals surface area contributed by atoms with E-state index in [1.54, 1.807) is 12.1 Å². The van der Waals surface area contributed by atoms with Crippen molar-refractivity contribution in [1.29, 1.82) is 0 Å². The Morgan fingerprint density at radius 1 is 1.44 bits per heavy atom. The molecule has 16 heavy (non-hydrogen) atoms. The molecule has 0 saturated heterocycles. The van der Waals surface area contributed by atoms with Crippen LogP contribution >= 0.6 is 0 Å². The average molecular weight is 222 g/mol. The summed E-state index contributed by atoms with van der Waals surface area (Å²) >= 11 is 0. The minimum atomic E-state index is 0.324. The Morgan fingerprint density at radius 2 is 2.12 bits per heavy atom. The fourth-order valence-electron chi connectivity index (χ4n) is 1.75. The summed E-state index contributed by atoms with van der Waals surface area (Å²) < 4.78 is 0. The quantitative estimate of drug-likeness (QED) is 0.594. The zero-order valence-corrected chi connectivity index (χ0v) is 10.4. The standard InChI is InChI=1S/C13H22N2O/c1-4-10(2)8-15(3)9-11-7-12(14)5-6-13(11)16/h5-7,10,16H,4,8-9,14H2,1-3H3. The molecule has 0 aliphatic rings. The molecule has 3 N–H and O–H groups in total. The molecular formula is C13H22N2O. The normalized spacial score (nSPS) is 13.0. The maximum atomic E-state index is 9.69. The molecule has 1 unspecified atom stereocenters. The molecule has 3 heteroatoms. The van der Waals surface area contributed by atoms with Crippen LogP contribution in [0.2, 0.25) is 0 Å². The number of aromatic hydroxyl groups is 1. The third-order valence-electron chi connectivity index (χ3n) is 2.86. The van der Waals surface area contributed by atoms with Crippen LogP contribution in [0.25, 0.3) is 0 Å². The third-order valence-corrected chi connectivity index (χ3v) is 2.86. The van der Waals surface area contributed by atoms with Gasteiger partial charge in [0.25, 0.3) is 0 Å². The fourth-order valence-corrected chi connectivity index (χ4v) is 1.75. The van der Waals surface area contributed by atoms with Crippen molar-refractivity contribution in [1.82, 2.24) is 4.90 Å². The van der Waals surface area contributed by atoms with Gasteiger partial charge in [0.05, 0.1) is 0 Å². The van der Waals surface area contributed by atoms with E-state index in [1.807, 2.05) is 6.07 Å². The van der Waals surface area contributed by atoms with Crippen LogP contribution in [0.3, 0.4) is 0 Å². The Morgan fingerprint density at radius 3 is 2.75 bits per heavy atom. The van der Waals surface area contributed by atoms with Gasteiger partial charge in [-0.15, -0.1) is 0 Å². The first-order valence-electron chi connectivity index (χ1n) is 5.78. The minimum absolute atomic E-state index is 0.324. The third kappa shape index (κ3) is 3.74. The van der Waals surface area contributed by atoms with Crippen molar-refractivity contribution in [2.75, 3.05) is 19.3 Å². The summed E-state index contributed by atoms with van der Waals surface area (Å²) in [6.07, 6.45) is 1.17. The van der Waals surface area contributed by atoms with Gasteiger partial charge in [0, 0.05) is 24.3 Å². The molecule has 0 amide bonds. The molecule has 1 rings (SSSR count). The Balaban J connectivity index is 2.61. The molecule has 0 heterocycles. The Hall–Kier alpha value is -1.22. The monoisotopic (exact) mass is 222 g/mol. The number of hydrogen-bond acceptors (Lipinski definition) is 3. The molecule has 1 aromatic carbocycles. The lowest BCUT2D eigenvalue weighted by Gasteiger charge is -2.21. The van der Waals surface area contributed by atoms with Crippen LogP contribution in [0.15, 0.2) is 18.2 Å². The van der Waals surface area contributed by atoms with Crippen LogP contribution in [0.4, 0.5) is 5.69 Å². The topological polar surface area (TPSA) is 49.5 Å². The van der Waals surface area contributed by atoms with Crippen LogP contribution in [0, 0.1) is 5.92 Å². The van der Waals surface area contributed by atoms with E-state index in [-0.39, 0.29) is 0 Å². The van der Waals surface area contributed by atoms with Gasteiger partial charge in [-0.1, -0.05) is 20.3 Å². The van der Waals surface area contributed by atoms with E-state index >= 15 is 0 Å². The summed E-state index contributed by atoms with van der Waals surface area (Å²) in [4.78, 5) is 2.21. The molecule has 1 aromatic rings. The number of phenols is 1. The Kier molecular flexibility index (Phi) is 4.62. The second-order valence-corrected chi connectivity index (χ2v) is 4.60. The van der Waals surface area contributed by atoms with Gasteiger partial charge in [-0.05, 0) is 31.2 Å². The lowest BCUT2D eigenvalue weighted by atomic mass is 10.1. The van der Waals surface area contributed by atoms with E-state index in [9.17, 15) is 5.11 Å². The molecular weight excluding hydrogens is 200 g/mol.